The molecule has 0 unspecified atom stereocenters. The summed E-state index contributed by atoms with van der Waals surface area (Å²) in [5, 5.41) is 3.37. The Balaban J connectivity index is 1.90. The molecule has 1 heterocycles. The van der Waals surface area contributed by atoms with Crippen molar-refractivity contribution < 1.29 is 4.42 Å². The summed E-state index contributed by atoms with van der Waals surface area (Å²) in [5.41, 5.74) is 1.28. The number of nitrogens with zero attached hydrogens (tertiary/aromatic N) is 1. The molecule has 15 heavy (non-hydrogen) atoms. The maximum Gasteiger partial charge on any atom is 0.180 e. The fourth-order valence-corrected chi connectivity index (χ4v) is 1.44. The predicted octanol–water partition coefficient (Wildman–Crippen LogP) is 2.53. The molecule has 0 fully saturated rings. The van der Waals surface area contributed by atoms with Gasteiger partial charge < -0.3 is 9.73 Å². The van der Waals surface area contributed by atoms with E-state index in [0.717, 1.165) is 5.76 Å². The van der Waals surface area contributed by atoms with Crippen molar-refractivity contribution in [1.82, 2.24) is 10.3 Å². The van der Waals surface area contributed by atoms with Gasteiger partial charge in [0.2, 0.25) is 0 Å². The van der Waals surface area contributed by atoms with Gasteiger partial charge in [0.1, 0.15) is 5.76 Å². The van der Waals surface area contributed by atoms with E-state index in [1.807, 2.05) is 18.2 Å². The number of nitrogens with one attached hydrogen (secondary N) is 1. The average Bonchev–Trinajstić information content (AvgIpc) is 2.80. The number of rotatable bonds is 4. The molecule has 1 atom stereocenters. The Morgan fingerprint density at radius 1 is 1.33 bits per heavy atom. The Morgan fingerprint density at radius 3 is 2.80 bits per heavy atom. The molecule has 0 aliphatic rings. The van der Waals surface area contributed by atoms with E-state index >= 15 is 0 Å². The summed E-state index contributed by atoms with van der Waals surface area (Å²) in [6, 6.07) is 10.6. The van der Waals surface area contributed by atoms with Crippen LogP contribution in [0.3, 0.4) is 0 Å². The minimum atomic E-state index is 0.316. The molecule has 0 radical (unpaired) electrons. The van der Waals surface area contributed by atoms with E-state index in [9.17, 15) is 0 Å². The zero-order chi connectivity index (χ0) is 10.5. The molecule has 1 aromatic carbocycles. The van der Waals surface area contributed by atoms with E-state index in [-0.39, 0.29) is 0 Å². The maximum absolute atomic E-state index is 5.15. The largest absolute Gasteiger partial charge is 0.447 e. The molecule has 0 aliphatic heterocycles. The highest BCUT2D eigenvalue weighted by Crippen LogP contribution is 2.11. The van der Waals surface area contributed by atoms with Crippen LogP contribution in [0.15, 0.2) is 47.3 Å². The van der Waals surface area contributed by atoms with Crippen LogP contribution in [-0.4, -0.2) is 4.98 Å². The Labute approximate surface area is 89.1 Å². The summed E-state index contributed by atoms with van der Waals surface area (Å²) in [6.07, 6.45) is 3.18. The molecule has 0 amide bonds. The van der Waals surface area contributed by atoms with Crippen molar-refractivity contribution in [3.05, 3.63) is 54.2 Å². The highest BCUT2D eigenvalue weighted by Gasteiger charge is 2.04. The van der Waals surface area contributed by atoms with Gasteiger partial charge in [0.15, 0.2) is 6.39 Å². The SMILES string of the molecule is C[C@H](NCc1cnco1)c1ccccc1. The number of hydrogen-bond donors (Lipinski definition) is 1. The van der Waals surface area contributed by atoms with E-state index in [1.54, 1.807) is 6.20 Å². The quantitative estimate of drug-likeness (QED) is 0.827. The average molecular weight is 202 g/mol. The smallest absolute Gasteiger partial charge is 0.180 e. The van der Waals surface area contributed by atoms with Crippen LogP contribution in [0.2, 0.25) is 0 Å². The minimum Gasteiger partial charge on any atom is -0.447 e. The Bertz CT molecular complexity index is 383. The second-order valence-corrected chi connectivity index (χ2v) is 3.48. The van der Waals surface area contributed by atoms with E-state index in [0.29, 0.717) is 12.6 Å². The molecule has 0 spiro atoms. The minimum absolute atomic E-state index is 0.316. The van der Waals surface area contributed by atoms with Crippen LogP contribution in [0.5, 0.6) is 0 Å². The zero-order valence-electron chi connectivity index (χ0n) is 8.68. The highest BCUT2D eigenvalue weighted by atomic mass is 16.3. The summed E-state index contributed by atoms with van der Waals surface area (Å²) in [4.78, 5) is 3.87. The zero-order valence-corrected chi connectivity index (χ0v) is 8.68. The highest BCUT2D eigenvalue weighted by molar-refractivity contribution is 5.18. The summed E-state index contributed by atoms with van der Waals surface area (Å²) in [5.74, 6) is 0.859. The van der Waals surface area contributed by atoms with E-state index in [1.165, 1.54) is 12.0 Å². The molecule has 1 N–H and O–H groups in total. The third-order valence-electron chi connectivity index (χ3n) is 2.37. The van der Waals surface area contributed by atoms with Crippen molar-refractivity contribution in [2.24, 2.45) is 0 Å². The van der Waals surface area contributed by atoms with Gasteiger partial charge in [0, 0.05) is 6.04 Å². The van der Waals surface area contributed by atoms with Crippen LogP contribution in [0.25, 0.3) is 0 Å². The second-order valence-electron chi connectivity index (χ2n) is 3.48. The number of benzene rings is 1. The van der Waals surface area contributed by atoms with Gasteiger partial charge in [0.05, 0.1) is 12.7 Å². The van der Waals surface area contributed by atoms with Crippen molar-refractivity contribution >= 4 is 0 Å². The lowest BCUT2D eigenvalue weighted by atomic mass is 10.1. The van der Waals surface area contributed by atoms with E-state index < -0.39 is 0 Å². The Hall–Kier alpha value is -1.61. The fourth-order valence-electron chi connectivity index (χ4n) is 1.44. The first kappa shape index (κ1) is 9.93. The molecule has 3 nitrogen and oxygen atoms in total. The van der Waals surface area contributed by atoms with Gasteiger partial charge in [-0.15, -0.1) is 0 Å². The Morgan fingerprint density at radius 2 is 2.13 bits per heavy atom. The third kappa shape index (κ3) is 2.67. The van der Waals surface area contributed by atoms with Gasteiger partial charge in [-0.3, -0.25) is 0 Å². The molecule has 78 valence electrons. The van der Waals surface area contributed by atoms with Crippen molar-refractivity contribution in [2.75, 3.05) is 0 Å². The molecule has 2 aromatic rings. The first-order valence-electron chi connectivity index (χ1n) is 5.02. The van der Waals surface area contributed by atoms with Crippen molar-refractivity contribution in [3.8, 4) is 0 Å². The molecule has 3 heteroatoms. The lowest BCUT2D eigenvalue weighted by molar-refractivity contribution is 0.458. The molecule has 0 saturated heterocycles. The fraction of sp³-hybridized carbons (Fsp3) is 0.250. The number of oxazole rings is 1. The predicted molar refractivity (Wildman–Crippen MR) is 58.2 cm³/mol. The van der Waals surface area contributed by atoms with E-state index in [2.05, 4.69) is 29.4 Å². The number of hydrogen-bond acceptors (Lipinski definition) is 3. The molecule has 0 bridgehead atoms. The van der Waals surface area contributed by atoms with Crippen LogP contribution in [0, 0.1) is 0 Å². The molecular formula is C12H14N2O. The molecule has 2 rings (SSSR count). The lowest BCUT2D eigenvalue weighted by Gasteiger charge is -2.12. The van der Waals surface area contributed by atoms with Crippen molar-refractivity contribution in [1.29, 1.82) is 0 Å². The van der Waals surface area contributed by atoms with Crippen LogP contribution in [0.1, 0.15) is 24.3 Å². The van der Waals surface area contributed by atoms with E-state index in [4.69, 9.17) is 4.42 Å². The van der Waals surface area contributed by atoms with Gasteiger partial charge in [-0.2, -0.15) is 0 Å². The lowest BCUT2D eigenvalue weighted by Crippen LogP contribution is -2.17. The van der Waals surface area contributed by atoms with Gasteiger partial charge in [0.25, 0.3) is 0 Å². The van der Waals surface area contributed by atoms with Crippen molar-refractivity contribution in [2.45, 2.75) is 19.5 Å². The summed E-state index contributed by atoms with van der Waals surface area (Å²) < 4.78 is 5.15. The van der Waals surface area contributed by atoms with Crippen LogP contribution >= 0.6 is 0 Å². The van der Waals surface area contributed by atoms with Crippen LogP contribution in [-0.2, 0) is 6.54 Å². The standard InChI is InChI=1S/C12H14N2O/c1-10(11-5-3-2-4-6-11)14-8-12-7-13-9-15-12/h2-7,9-10,14H,8H2,1H3/t10-/m0/s1. The summed E-state index contributed by atoms with van der Waals surface area (Å²) >= 11 is 0. The van der Waals surface area contributed by atoms with Crippen LogP contribution in [0.4, 0.5) is 0 Å². The number of aromatic nitrogens is 1. The summed E-state index contributed by atoms with van der Waals surface area (Å²) in [7, 11) is 0. The normalized spacial score (nSPS) is 12.6. The van der Waals surface area contributed by atoms with Gasteiger partial charge in [-0.05, 0) is 12.5 Å². The first-order valence-corrected chi connectivity index (χ1v) is 5.02. The monoisotopic (exact) mass is 202 g/mol. The molecule has 0 aliphatic carbocycles. The Kier molecular flexibility index (Phi) is 3.15. The maximum atomic E-state index is 5.15. The summed E-state index contributed by atoms with van der Waals surface area (Å²) in [6.45, 7) is 2.84. The molecular weight excluding hydrogens is 188 g/mol. The second kappa shape index (κ2) is 4.75. The molecule has 1 aromatic heterocycles. The molecule has 0 saturated carbocycles. The van der Waals surface area contributed by atoms with Gasteiger partial charge >= 0.3 is 0 Å². The first-order chi connectivity index (χ1) is 7.36. The van der Waals surface area contributed by atoms with Gasteiger partial charge in [-0.25, -0.2) is 4.98 Å². The van der Waals surface area contributed by atoms with Crippen molar-refractivity contribution in [3.63, 3.8) is 0 Å². The van der Waals surface area contributed by atoms with Gasteiger partial charge in [-0.1, -0.05) is 30.3 Å². The third-order valence-corrected chi connectivity index (χ3v) is 2.37. The van der Waals surface area contributed by atoms with Crippen LogP contribution < -0.4 is 5.32 Å². The topological polar surface area (TPSA) is 38.1 Å².